The van der Waals surface area contributed by atoms with Crippen LogP contribution in [0, 0.1) is 13.8 Å². The lowest BCUT2D eigenvalue weighted by atomic mass is 10.2. The molecule has 1 amide bonds. The van der Waals surface area contributed by atoms with Gasteiger partial charge in [-0.05, 0) is 62.4 Å². The summed E-state index contributed by atoms with van der Waals surface area (Å²) < 4.78 is 60.9. The lowest BCUT2D eigenvalue weighted by molar-refractivity contribution is -0.130. The van der Waals surface area contributed by atoms with E-state index in [0.29, 0.717) is 11.4 Å². The van der Waals surface area contributed by atoms with Gasteiger partial charge in [0, 0.05) is 26.2 Å². The number of rotatable bonds is 8. The molecule has 0 radical (unpaired) electrons. The van der Waals surface area contributed by atoms with E-state index in [1.165, 1.54) is 28.4 Å². The summed E-state index contributed by atoms with van der Waals surface area (Å²) in [5, 5.41) is 0. The van der Waals surface area contributed by atoms with E-state index < -0.39 is 32.5 Å². The fourth-order valence-corrected chi connectivity index (χ4v) is 7.00. The first-order valence-electron chi connectivity index (χ1n) is 12.1. The molecule has 1 saturated heterocycles. The molecule has 202 valence electrons. The van der Waals surface area contributed by atoms with Crippen LogP contribution in [0.4, 0.5) is 5.69 Å². The van der Waals surface area contributed by atoms with E-state index in [1.807, 2.05) is 13.8 Å². The van der Waals surface area contributed by atoms with Gasteiger partial charge in [-0.1, -0.05) is 35.4 Å². The van der Waals surface area contributed by atoms with Gasteiger partial charge in [0.15, 0.2) is 0 Å². The number of hydrogen-bond acceptors (Lipinski definition) is 6. The molecule has 1 aliphatic rings. The molecule has 0 aromatic heterocycles. The maximum atomic E-state index is 13.6. The Morgan fingerprint density at radius 1 is 0.763 bits per heavy atom. The van der Waals surface area contributed by atoms with Gasteiger partial charge in [-0.3, -0.25) is 9.10 Å². The molecule has 0 atom stereocenters. The van der Waals surface area contributed by atoms with Crippen LogP contribution in [0.5, 0.6) is 5.75 Å². The largest absolute Gasteiger partial charge is 0.497 e. The minimum atomic E-state index is -4.08. The SMILES string of the molecule is COc1ccc(S(=O)(=O)N(CC(=O)N2CCN(S(=O)(=O)c3ccc(C)cc3)CC2)c2ccc(C)cc2)cc1. The van der Waals surface area contributed by atoms with Gasteiger partial charge in [-0.15, -0.1) is 0 Å². The number of piperazine rings is 1. The van der Waals surface area contributed by atoms with Crippen molar-refractivity contribution in [3.8, 4) is 5.75 Å². The summed E-state index contributed by atoms with van der Waals surface area (Å²) >= 11 is 0. The van der Waals surface area contributed by atoms with Crippen LogP contribution < -0.4 is 9.04 Å². The smallest absolute Gasteiger partial charge is 0.264 e. The van der Waals surface area contributed by atoms with Crippen molar-refractivity contribution >= 4 is 31.6 Å². The minimum Gasteiger partial charge on any atom is -0.497 e. The van der Waals surface area contributed by atoms with Crippen molar-refractivity contribution in [2.45, 2.75) is 23.6 Å². The molecular formula is C27H31N3O6S2. The van der Waals surface area contributed by atoms with Crippen molar-refractivity contribution in [1.82, 2.24) is 9.21 Å². The second kappa shape index (κ2) is 11.1. The number of nitrogens with zero attached hydrogens (tertiary/aromatic N) is 3. The molecule has 0 N–H and O–H groups in total. The number of carbonyl (C=O) groups excluding carboxylic acids is 1. The van der Waals surface area contributed by atoms with Gasteiger partial charge >= 0.3 is 0 Å². The molecule has 0 unspecified atom stereocenters. The Morgan fingerprint density at radius 3 is 1.79 bits per heavy atom. The summed E-state index contributed by atoms with van der Waals surface area (Å²) in [4.78, 5) is 15.1. The molecule has 0 aliphatic carbocycles. The Kier molecular flexibility index (Phi) is 8.10. The summed E-state index contributed by atoms with van der Waals surface area (Å²) in [6.07, 6.45) is 0. The Bertz CT molecular complexity index is 1480. The Labute approximate surface area is 224 Å². The molecule has 1 aliphatic heterocycles. The number of carbonyl (C=O) groups is 1. The highest BCUT2D eigenvalue weighted by atomic mass is 32.2. The summed E-state index contributed by atoms with van der Waals surface area (Å²) in [6, 6.07) is 19.5. The molecule has 3 aromatic carbocycles. The number of amides is 1. The number of methoxy groups -OCH3 is 1. The van der Waals surface area contributed by atoms with E-state index in [-0.39, 0.29) is 36.0 Å². The van der Waals surface area contributed by atoms with Gasteiger partial charge in [0.05, 0.1) is 22.6 Å². The van der Waals surface area contributed by atoms with Crippen LogP contribution >= 0.6 is 0 Å². The van der Waals surface area contributed by atoms with Gasteiger partial charge in [0.1, 0.15) is 12.3 Å². The number of ether oxygens (including phenoxy) is 1. The van der Waals surface area contributed by atoms with Crippen LogP contribution in [0.15, 0.2) is 82.6 Å². The van der Waals surface area contributed by atoms with E-state index in [9.17, 15) is 21.6 Å². The zero-order valence-electron chi connectivity index (χ0n) is 21.6. The van der Waals surface area contributed by atoms with Crippen LogP contribution in [0.25, 0.3) is 0 Å². The molecule has 0 saturated carbocycles. The minimum absolute atomic E-state index is 0.0284. The number of sulfonamides is 2. The first kappa shape index (κ1) is 27.6. The third kappa shape index (κ3) is 5.85. The molecule has 1 heterocycles. The molecular weight excluding hydrogens is 526 g/mol. The average Bonchev–Trinajstić information content (AvgIpc) is 2.92. The van der Waals surface area contributed by atoms with Crippen molar-refractivity contribution in [3.63, 3.8) is 0 Å². The number of hydrogen-bond donors (Lipinski definition) is 0. The number of anilines is 1. The van der Waals surface area contributed by atoms with Crippen molar-refractivity contribution in [3.05, 3.63) is 83.9 Å². The number of benzene rings is 3. The van der Waals surface area contributed by atoms with E-state index in [4.69, 9.17) is 4.74 Å². The van der Waals surface area contributed by atoms with E-state index in [0.717, 1.165) is 15.4 Å². The van der Waals surface area contributed by atoms with E-state index >= 15 is 0 Å². The molecule has 11 heteroatoms. The van der Waals surface area contributed by atoms with Crippen LogP contribution in [0.3, 0.4) is 0 Å². The first-order valence-corrected chi connectivity index (χ1v) is 15.0. The van der Waals surface area contributed by atoms with Crippen LogP contribution in [0.1, 0.15) is 11.1 Å². The summed E-state index contributed by atoms with van der Waals surface area (Å²) in [7, 11) is -6.27. The maximum absolute atomic E-state index is 13.6. The Balaban J connectivity index is 1.52. The van der Waals surface area contributed by atoms with Gasteiger partial charge in [0.25, 0.3) is 10.0 Å². The molecule has 38 heavy (non-hydrogen) atoms. The highest BCUT2D eigenvalue weighted by Gasteiger charge is 2.33. The molecule has 0 bridgehead atoms. The van der Waals surface area contributed by atoms with Crippen molar-refractivity contribution < 1.29 is 26.4 Å². The van der Waals surface area contributed by atoms with Crippen molar-refractivity contribution in [2.24, 2.45) is 0 Å². The standard InChI is InChI=1S/C27H31N3O6S2/c1-21-4-8-23(9-5-21)30(38(34,35)26-14-10-24(36-3)11-15-26)20-27(31)28-16-18-29(19-17-28)37(32,33)25-12-6-22(2)7-13-25/h4-15H,16-20H2,1-3H3. The monoisotopic (exact) mass is 557 g/mol. The van der Waals surface area contributed by atoms with Gasteiger partial charge < -0.3 is 9.64 Å². The summed E-state index contributed by atoms with van der Waals surface area (Å²) in [6.45, 7) is 3.93. The lowest BCUT2D eigenvalue weighted by Gasteiger charge is -2.35. The third-order valence-electron chi connectivity index (χ3n) is 6.50. The van der Waals surface area contributed by atoms with E-state index in [2.05, 4.69) is 0 Å². The zero-order chi connectivity index (χ0) is 27.5. The molecule has 0 spiro atoms. The second-order valence-corrected chi connectivity index (χ2v) is 12.9. The topological polar surface area (TPSA) is 104 Å². The second-order valence-electron chi connectivity index (χ2n) is 9.12. The van der Waals surface area contributed by atoms with Gasteiger partial charge in [0.2, 0.25) is 15.9 Å². The Morgan fingerprint density at radius 2 is 1.26 bits per heavy atom. The van der Waals surface area contributed by atoms with Crippen molar-refractivity contribution in [2.75, 3.05) is 44.1 Å². The number of aryl methyl sites for hydroxylation is 2. The fraction of sp³-hybridized carbons (Fsp3) is 0.296. The lowest BCUT2D eigenvalue weighted by Crippen LogP contribution is -2.53. The first-order chi connectivity index (χ1) is 18.0. The highest BCUT2D eigenvalue weighted by Crippen LogP contribution is 2.26. The molecule has 9 nitrogen and oxygen atoms in total. The zero-order valence-corrected chi connectivity index (χ0v) is 23.2. The molecule has 3 aromatic rings. The fourth-order valence-electron chi connectivity index (χ4n) is 4.16. The third-order valence-corrected chi connectivity index (χ3v) is 10.2. The van der Waals surface area contributed by atoms with Crippen molar-refractivity contribution in [1.29, 1.82) is 0 Å². The van der Waals surface area contributed by atoms with Crippen LogP contribution in [0.2, 0.25) is 0 Å². The van der Waals surface area contributed by atoms with Crippen LogP contribution in [-0.2, 0) is 24.8 Å². The molecule has 1 fully saturated rings. The normalized spacial score (nSPS) is 14.8. The maximum Gasteiger partial charge on any atom is 0.264 e. The van der Waals surface area contributed by atoms with E-state index in [1.54, 1.807) is 60.7 Å². The summed E-state index contributed by atoms with van der Waals surface area (Å²) in [5.41, 5.74) is 2.27. The average molecular weight is 558 g/mol. The predicted octanol–water partition coefficient (Wildman–Crippen LogP) is 3.04. The van der Waals surface area contributed by atoms with Crippen LogP contribution in [-0.4, -0.2) is 71.8 Å². The Hall–Kier alpha value is -3.41. The summed E-state index contributed by atoms with van der Waals surface area (Å²) in [5.74, 6) is 0.107. The van der Waals surface area contributed by atoms with Gasteiger partial charge in [-0.25, -0.2) is 16.8 Å². The predicted molar refractivity (Wildman–Crippen MR) is 145 cm³/mol. The van der Waals surface area contributed by atoms with Gasteiger partial charge in [-0.2, -0.15) is 4.31 Å². The quantitative estimate of drug-likeness (QED) is 0.422. The molecule has 4 rings (SSSR count). The highest BCUT2D eigenvalue weighted by molar-refractivity contribution is 7.92.